The second-order valence-electron chi connectivity index (χ2n) is 3.96. The summed E-state index contributed by atoms with van der Waals surface area (Å²) in [4.78, 5) is 11.7. The Morgan fingerprint density at radius 1 is 1.38 bits per heavy atom. The molecule has 0 aromatic heterocycles. The lowest BCUT2D eigenvalue weighted by molar-refractivity contribution is -0.125. The van der Waals surface area contributed by atoms with Gasteiger partial charge in [-0.1, -0.05) is 36.4 Å². The standard InChI is InChI=1S/C13H16N2O/c1-2-6-11-13(16)15-12(9-14-11)10-7-4-3-5-8-10/h2-5,7-8,11-12,14H,1,6,9H2,(H,15,16)/t11-,12+/m0/s1. The molecular weight excluding hydrogens is 200 g/mol. The zero-order chi connectivity index (χ0) is 11.4. The van der Waals surface area contributed by atoms with Crippen LogP contribution in [0.15, 0.2) is 43.0 Å². The van der Waals surface area contributed by atoms with Crippen LogP contribution in [0.5, 0.6) is 0 Å². The van der Waals surface area contributed by atoms with E-state index in [0.717, 1.165) is 12.1 Å². The third kappa shape index (κ3) is 2.31. The normalized spacial score (nSPS) is 24.9. The van der Waals surface area contributed by atoms with E-state index in [1.165, 1.54) is 0 Å². The summed E-state index contributed by atoms with van der Waals surface area (Å²) in [5.41, 5.74) is 1.14. The lowest BCUT2D eigenvalue weighted by Gasteiger charge is -2.30. The summed E-state index contributed by atoms with van der Waals surface area (Å²) in [6, 6.07) is 9.95. The molecule has 0 aliphatic carbocycles. The van der Waals surface area contributed by atoms with Crippen molar-refractivity contribution < 1.29 is 4.79 Å². The number of rotatable bonds is 3. The first-order valence-corrected chi connectivity index (χ1v) is 5.51. The second kappa shape index (κ2) is 4.94. The number of hydrogen-bond acceptors (Lipinski definition) is 2. The number of benzene rings is 1. The van der Waals surface area contributed by atoms with Gasteiger partial charge in [-0.25, -0.2) is 0 Å². The minimum Gasteiger partial charge on any atom is -0.347 e. The number of amides is 1. The number of carbonyl (C=O) groups is 1. The minimum absolute atomic E-state index is 0.0556. The SMILES string of the molecule is C=CC[C@@H]1NC[C@H](c2ccccc2)NC1=O. The first-order chi connectivity index (χ1) is 7.81. The maximum Gasteiger partial charge on any atom is 0.237 e. The lowest BCUT2D eigenvalue weighted by atomic mass is 10.0. The highest BCUT2D eigenvalue weighted by Crippen LogP contribution is 2.15. The molecule has 0 bridgehead atoms. The Kier molecular flexibility index (Phi) is 3.37. The Morgan fingerprint density at radius 3 is 2.75 bits per heavy atom. The third-order valence-corrected chi connectivity index (χ3v) is 2.81. The van der Waals surface area contributed by atoms with Crippen LogP contribution in [-0.2, 0) is 4.79 Å². The molecule has 0 unspecified atom stereocenters. The van der Waals surface area contributed by atoms with Gasteiger partial charge in [-0.05, 0) is 12.0 Å². The van der Waals surface area contributed by atoms with Gasteiger partial charge >= 0.3 is 0 Å². The largest absolute Gasteiger partial charge is 0.347 e. The molecule has 1 heterocycles. The van der Waals surface area contributed by atoms with E-state index in [0.29, 0.717) is 6.42 Å². The molecule has 2 atom stereocenters. The first kappa shape index (κ1) is 10.9. The summed E-state index contributed by atoms with van der Waals surface area (Å²) in [5, 5.41) is 6.25. The minimum atomic E-state index is -0.127. The van der Waals surface area contributed by atoms with Crippen LogP contribution in [0.2, 0.25) is 0 Å². The maximum absolute atomic E-state index is 11.7. The van der Waals surface area contributed by atoms with E-state index >= 15 is 0 Å². The van der Waals surface area contributed by atoms with E-state index in [-0.39, 0.29) is 18.0 Å². The van der Waals surface area contributed by atoms with Crippen molar-refractivity contribution in [3.8, 4) is 0 Å². The van der Waals surface area contributed by atoms with E-state index in [1.54, 1.807) is 6.08 Å². The summed E-state index contributed by atoms with van der Waals surface area (Å²) in [5.74, 6) is 0.0556. The Morgan fingerprint density at radius 2 is 2.12 bits per heavy atom. The van der Waals surface area contributed by atoms with Gasteiger partial charge in [0.25, 0.3) is 0 Å². The molecule has 1 aromatic rings. The highest BCUT2D eigenvalue weighted by molar-refractivity contribution is 5.83. The summed E-state index contributed by atoms with van der Waals surface area (Å²) in [6.45, 7) is 4.42. The van der Waals surface area contributed by atoms with Crippen molar-refractivity contribution in [3.05, 3.63) is 48.6 Å². The Bertz CT molecular complexity index is 375. The Hall–Kier alpha value is -1.61. The summed E-state index contributed by atoms with van der Waals surface area (Å²) in [7, 11) is 0. The maximum atomic E-state index is 11.7. The van der Waals surface area contributed by atoms with E-state index in [1.807, 2.05) is 30.3 Å². The van der Waals surface area contributed by atoms with Crippen LogP contribution in [0.4, 0.5) is 0 Å². The van der Waals surface area contributed by atoms with Crippen molar-refractivity contribution >= 4 is 5.91 Å². The van der Waals surface area contributed by atoms with Gasteiger partial charge in [0.1, 0.15) is 0 Å². The fourth-order valence-corrected chi connectivity index (χ4v) is 1.92. The van der Waals surface area contributed by atoms with Crippen LogP contribution in [-0.4, -0.2) is 18.5 Å². The topological polar surface area (TPSA) is 41.1 Å². The molecule has 0 spiro atoms. The lowest BCUT2D eigenvalue weighted by Crippen LogP contribution is -2.54. The number of nitrogens with one attached hydrogen (secondary N) is 2. The zero-order valence-electron chi connectivity index (χ0n) is 9.15. The molecule has 1 fully saturated rings. The molecule has 1 aromatic carbocycles. The number of piperazine rings is 1. The molecule has 3 nitrogen and oxygen atoms in total. The molecule has 0 radical (unpaired) electrons. The Labute approximate surface area is 95.6 Å². The third-order valence-electron chi connectivity index (χ3n) is 2.81. The second-order valence-corrected chi connectivity index (χ2v) is 3.96. The van der Waals surface area contributed by atoms with E-state index in [2.05, 4.69) is 17.2 Å². The molecule has 1 aliphatic rings. The zero-order valence-corrected chi connectivity index (χ0v) is 9.15. The molecule has 16 heavy (non-hydrogen) atoms. The quantitative estimate of drug-likeness (QED) is 0.750. The molecule has 3 heteroatoms. The molecule has 1 amide bonds. The molecule has 1 aliphatic heterocycles. The Balaban J connectivity index is 2.02. The molecule has 1 saturated heterocycles. The monoisotopic (exact) mass is 216 g/mol. The van der Waals surface area contributed by atoms with Crippen molar-refractivity contribution in [2.45, 2.75) is 18.5 Å². The van der Waals surface area contributed by atoms with Gasteiger partial charge in [0, 0.05) is 6.54 Å². The highest BCUT2D eigenvalue weighted by Gasteiger charge is 2.26. The average Bonchev–Trinajstić information content (AvgIpc) is 2.33. The van der Waals surface area contributed by atoms with Gasteiger partial charge in [-0.3, -0.25) is 4.79 Å². The molecule has 2 N–H and O–H groups in total. The number of hydrogen-bond donors (Lipinski definition) is 2. The van der Waals surface area contributed by atoms with Crippen molar-refractivity contribution in [1.29, 1.82) is 0 Å². The van der Waals surface area contributed by atoms with Gasteiger partial charge in [0.2, 0.25) is 5.91 Å². The van der Waals surface area contributed by atoms with Crippen LogP contribution >= 0.6 is 0 Å². The summed E-state index contributed by atoms with van der Waals surface area (Å²) >= 11 is 0. The van der Waals surface area contributed by atoms with Gasteiger partial charge in [-0.2, -0.15) is 0 Å². The van der Waals surface area contributed by atoms with Crippen molar-refractivity contribution in [3.63, 3.8) is 0 Å². The van der Waals surface area contributed by atoms with Gasteiger partial charge in [0.05, 0.1) is 12.1 Å². The van der Waals surface area contributed by atoms with Crippen LogP contribution in [0, 0.1) is 0 Å². The predicted molar refractivity (Wildman–Crippen MR) is 63.9 cm³/mol. The number of carbonyl (C=O) groups excluding carboxylic acids is 1. The fraction of sp³-hybridized carbons (Fsp3) is 0.308. The van der Waals surface area contributed by atoms with Crippen LogP contribution < -0.4 is 10.6 Å². The van der Waals surface area contributed by atoms with E-state index in [9.17, 15) is 4.79 Å². The van der Waals surface area contributed by atoms with E-state index < -0.39 is 0 Å². The van der Waals surface area contributed by atoms with Crippen molar-refractivity contribution in [1.82, 2.24) is 10.6 Å². The van der Waals surface area contributed by atoms with Crippen LogP contribution in [0.25, 0.3) is 0 Å². The van der Waals surface area contributed by atoms with Crippen molar-refractivity contribution in [2.75, 3.05) is 6.54 Å². The molecule has 0 saturated carbocycles. The average molecular weight is 216 g/mol. The van der Waals surface area contributed by atoms with Crippen LogP contribution in [0.3, 0.4) is 0 Å². The smallest absolute Gasteiger partial charge is 0.237 e. The van der Waals surface area contributed by atoms with Gasteiger partial charge in [0.15, 0.2) is 0 Å². The van der Waals surface area contributed by atoms with E-state index in [4.69, 9.17) is 0 Å². The van der Waals surface area contributed by atoms with Gasteiger partial charge in [-0.15, -0.1) is 6.58 Å². The predicted octanol–water partition coefficient (Wildman–Crippen LogP) is 1.39. The summed E-state index contributed by atoms with van der Waals surface area (Å²) in [6.07, 6.45) is 2.44. The summed E-state index contributed by atoms with van der Waals surface area (Å²) < 4.78 is 0. The first-order valence-electron chi connectivity index (χ1n) is 5.51. The van der Waals surface area contributed by atoms with Crippen molar-refractivity contribution in [2.24, 2.45) is 0 Å². The molecule has 2 rings (SSSR count). The van der Waals surface area contributed by atoms with Crippen LogP contribution in [0.1, 0.15) is 18.0 Å². The fourth-order valence-electron chi connectivity index (χ4n) is 1.92. The van der Waals surface area contributed by atoms with Gasteiger partial charge < -0.3 is 10.6 Å². The molecule has 84 valence electrons. The molecular formula is C13H16N2O. The highest BCUT2D eigenvalue weighted by atomic mass is 16.2.